The van der Waals surface area contributed by atoms with Gasteiger partial charge < -0.3 is 9.64 Å². The third kappa shape index (κ3) is 4.58. The number of hydrogen-bond acceptors (Lipinski definition) is 8. The van der Waals surface area contributed by atoms with Crippen LogP contribution in [0.3, 0.4) is 0 Å². The number of carbonyl (C=O) groups is 1. The molecule has 1 aromatic carbocycles. The monoisotopic (exact) mass is 441 g/mol. The van der Waals surface area contributed by atoms with Crippen molar-refractivity contribution in [2.75, 3.05) is 36.6 Å². The SMILES string of the molecule is CC(=O)c1cccc(/C=N/Nc2cc(N3CCOCC3)c3nc(-c4ccncc4)cn3n2)c1. The zero-order valence-electron chi connectivity index (χ0n) is 18.2. The molecular formula is C24H23N7O2. The van der Waals surface area contributed by atoms with E-state index in [2.05, 4.69) is 25.5 Å². The van der Waals surface area contributed by atoms with Crippen molar-refractivity contribution in [1.29, 1.82) is 0 Å². The van der Waals surface area contributed by atoms with Gasteiger partial charge in [0.05, 0.1) is 37.0 Å². The largest absolute Gasteiger partial charge is 0.378 e. The Morgan fingerprint density at radius 3 is 2.76 bits per heavy atom. The van der Waals surface area contributed by atoms with Gasteiger partial charge >= 0.3 is 0 Å². The summed E-state index contributed by atoms with van der Waals surface area (Å²) in [6.07, 6.45) is 7.07. The molecule has 1 N–H and O–H groups in total. The number of carbonyl (C=O) groups excluding carboxylic acids is 1. The number of ketones is 1. The summed E-state index contributed by atoms with van der Waals surface area (Å²) in [5, 5.41) is 8.99. The van der Waals surface area contributed by atoms with Crippen LogP contribution in [-0.4, -0.2) is 57.9 Å². The van der Waals surface area contributed by atoms with Crippen molar-refractivity contribution in [1.82, 2.24) is 19.6 Å². The normalized spacial score (nSPS) is 14.2. The molecule has 0 spiro atoms. The maximum Gasteiger partial charge on any atom is 0.177 e. The van der Waals surface area contributed by atoms with E-state index in [9.17, 15) is 4.79 Å². The molecule has 33 heavy (non-hydrogen) atoms. The number of Topliss-reactive ketones (excluding diaryl/α,β-unsaturated/α-hetero) is 1. The van der Waals surface area contributed by atoms with Crippen LogP contribution in [0.15, 0.2) is 66.2 Å². The minimum absolute atomic E-state index is 0.0191. The van der Waals surface area contributed by atoms with E-state index in [0.717, 1.165) is 41.2 Å². The number of nitrogens with zero attached hydrogens (tertiary/aromatic N) is 6. The van der Waals surface area contributed by atoms with Crippen LogP contribution < -0.4 is 10.3 Å². The molecule has 0 saturated carbocycles. The standard InChI is InChI=1S/C24H23N7O2/c1-17(32)20-4-2-3-18(13-20)15-26-28-23-14-22(30-9-11-33-12-10-30)24-27-21(16-31(24)29-23)19-5-7-25-8-6-19/h2-8,13-16H,9-12H2,1H3,(H,28,29)/b26-15+. The fraction of sp³-hybridized carbons (Fsp3) is 0.208. The second-order valence-corrected chi connectivity index (χ2v) is 7.70. The highest BCUT2D eigenvalue weighted by molar-refractivity contribution is 5.96. The molecule has 0 unspecified atom stereocenters. The van der Waals surface area contributed by atoms with Crippen LogP contribution in [0.2, 0.25) is 0 Å². The number of benzene rings is 1. The number of ether oxygens (including phenoxy) is 1. The summed E-state index contributed by atoms with van der Waals surface area (Å²) in [5.41, 5.74) is 8.02. The van der Waals surface area contributed by atoms with E-state index < -0.39 is 0 Å². The topological polar surface area (TPSA) is 97.0 Å². The summed E-state index contributed by atoms with van der Waals surface area (Å²) in [4.78, 5) is 22.8. The number of fused-ring (bicyclic) bond motifs is 1. The number of rotatable bonds is 6. The third-order valence-electron chi connectivity index (χ3n) is 5.42. The molecule has 1 aliphatic heterocycles. The molecule has 0 bridgehead atoms. The van der Waals surface area contributed by atoms with E-state index >= 15 is 0 Å². The van der Waals surface area contributed by atoms with Gasteiger partial charge in [-0.05, 0) is 30.7 Å². The molecule has 9 nitrogen and oxygen atoms in total. The molecule has 1 fully saturated rings. The van der Waals surface area contributed by atoms with E-state index in [1.165, 1.54) is 0 Å². The zero-order chi connectivity index (χ0) is 22.6. The second-order valence-electron chi connectivity index (χ2n) is 7.70. The predicted octanol–water partition coefficient (Wildman–Crippen LogP) is 3.28. The van der Waals surface area contributed by atoms with Crippen molar-refractivity contribution in [3.8, 4) is 11.3 Å². The van der Waals surface area contributed by atoms with Gasteiger partial charge in [-0.25, -0.2) is 9.50 Å². The van der Waals surface area contributed by atoms with Gasteiger partial charge in [-0.15, -0.1) is 5.10 Å². The fourth-order valence-electron chi connectivity index (χ4n) is 3.73. The third-order valence-corrected chi connectivity index (χ3v) is 5.42. The number of hydrazone groups is 1. The van der Waals surface area contributed by atoms with Gasteiger partial charge in [0.1, 0.15) is 0 Å². The first kappa shape index (κ1) is 20.8. The van der Waals surface area contributed by atoms with E-state index in [1.54, 1.807) is 42.2 Å². The van der Waals surface area contributed by atoms with Crippen LogP contribution in [0.25, 0.3) is 16.9 Å². The van der Waals surface area contributed by atoms with Gasteiger partial charge in [-0.3, -0.25) is 15.2 Å². The van der Waals surface area contributed by atoms with Crippen molar-refractivity contribution in [2.45, 2.75) is 6.92 Å². The number of imidazole rings is 1. The van der Waals surface area contributed by atoms with Gasteiger partial charge in [0.2, 0.25) is 0 Å². The van der Waals surface area contributed by atoms with E-state index in [0.29, 0.717) is 24.6 Å². The smallest absolute Gasteiger partial charge is 0.177 e. The maximum absolute atomic E-state index is 11.6. The number of hydrogen-bond donors (Lipinski definition) is 1. The first-order valence-electron chi connectivity index (χ1n) is 10.7. The molecule has 1 aliphatic rings. The lowest BCUT2D eigenvalue weighted by molar-refractivity contribution is 0.101. The van der Waals surface area contributed by atoms with Crippen LogP contribution >= 0.6 is 0 Å². The van der Waals surface area contributed by atoms with Gasteiger partial charge in [0.25, 0.3) is 0 Å². The Bertz CT molecular complexity index is 1310. The lowest BCUT2D eigenvalue weighted by atomic mass is 10.1. The minimum atomic E-state index is 0.0191. The molecule has 4 heterocycles. The van der Waals surface area contributed by atoms with Gasteiger partial charge in [0, 0.05) is 42.7 Å². The Kier molecular flexibility index (Phi) is 5.77. The average Bonchev–Trinajstić information content (AvgIpc) is 3.29. The van der Waals surface area contributed by atoms with Gasteiger partial charge in [-0.2, -0.15) is 5.10 Å². The summed E-state index contributed by atoms with van der Waals surface area (Å²) in [6.45, 7) is 4.43. The molecule has 5 rings (SSSR count). The first-order chi connectivity index (χ1) is 16.2. The van der Waals surface area contributed by atoms with Gasteiger partial charge in [0.15, 0.2) is 17.2 Å². The van der Waals surface area contributed by atoms with Crippen LogP contribution in [0.5, 0.6) is 0 Å². The van der Waals surface area contributed by atoms with Gasteiger partial charge in [-0.1, -0.05) is 18.2 Å². The summed E-state index contributed by atoms with van der Waals surface area (Å²) >= 11 is 0. The summed E-state index contributed by atoms with van der Waals surface area (Å²) in [7, 11) is 0. The van der Waals surface area contributed by atoms with Crippen molar-refractivity contribution in [2.24, 2.45) is 5.10 Å². The van der Waals surface area contributed by atoms with Crippen LogP contribution in [0, 0.1) is 0 Å². The first-order valence-corrected chi connectivity index (χ1v) is 10.7. The number of aromatic nitrogens is 4. The average molecular weight is 441 g/mol. The van der Waals surface area contributed by atoms with Crippen LogP contribution in [0.1, 0.15) is 22.8 Å². The predicted molar refractivity (Wildman–Crippen MR) is 127 cm³/mol. The highest BCUT2D eigenvalue weighted by Crippen LogP contribution is 2.27. The molecule has 0 aliphatic carbocycles. The number of nitrogens with one attached hydrogen (secondary N) is 1. The second kappa shape index (κ2) is 9.17. The zero-order valence-corrected chi connectivity index (χ0v) is 18.2. The van der Waals surface area contributed by atoms with E-state index in [-0.39, 0.29) is 5.78 Å². The minimum Gasteiger partial charge on any atom is -0.378 e. The lowest BCUT2D eigenvalue weighted by Crippen LogP contribution is -2.36. The maximum atomic E-state index is 11.6. The Hall–Kier alpha value is -4.11. The van der Waals surface area contributed by atoms with Crippen LogP contribution in [-0.2, 0) is 4.74 Å². The fourth-order valence-corrected chi connectivity index (χ4v) is 3.73. The van der Waals surface area contributed by atoms with E-state index in [1.807, 2.05) is 36.5 Å². The number of anilines is 2. The van der Waals surface area contributed by atoms with Crippen molar-refractivity contribution < 1.29 is 9.53 Å². The molecule has 9 heteroatoms. The summed E-state index contributed by atoms with van der Waals surface area (Å²) in [5.74, 6) is 0.604. The number of morpholine rings is 1. The highest BCUT2D eigenvalue weighted by atomic mass is 16.5. The van der Waals surface area contributed by atoms with Crippen LogP contribution in [0.4, 0.5) is 11.5 Å². The van der Waals surface area contributed by atoms with Crippen molar-refractivity contribution in [3.05, 3.63) is 72.2 Å². The molecule has 3 aromatic heterocycles. The van der Waals surface area contributed by atoms with Crippen molar-refractivity contribution >= 4 is 29.2 Å². The number of pyridine rings is 1. The molecule has 1 saturated heterocycles. The quantitative estimate of drug-likeness (QED) is 0.279. The molecule has 166 valence electrons. The Labute approximate surface area is 190 Å². The van der Waals surface area contributed by atoms with Crippen molar-refractivity contribution in [3.63, 3.8) is 0 Å². The molecular weight excluding hydrogens is 418 g/mol. The summed E-state index contributed by atoms with van der Waals surface area (Å²) < 4.78 is 7.30. The Morgan fingerprint density at radius 1 is 1.15 bits per heavy atom. The highest BCUT2D eigenvalue weighted by Gasteiger charge is 2.18. The molecule has 0 amide bonds. The Morgan fingerprint density at radius 2 is 1.97 bits per heavy atom. The van der Waals surface area contributed by atoms with E-state index in [4.69, 9.17) is 9.72 Å². The molecule has 0 radical (unpaired) electrons. The summed E-state index contributed by atoms with van der Waals surface area (Å²) in [6, 6.07) is 13.1. The Balaban J connectivity index is 1.48. The lowest BCUT2D eigenvalue weighted by Gasteiger charge is -2.29. The molecule has 4 aromatic rings. The molecule has 0 atom stereocenters.